The summed E-state index contributed by atoms with van der Waals surface area (Å²) in [7, 11) is 1.70. The van der Waals surface area contributed by atoms with Crippen LogP contribution >= 0.6 is 0 Å². The van der Waals surface area contributed by atoms with Gasteiger partial charge in [-0.1, -0.05) is 0 Å². The highest BCUT2D eigenvalue weighted by molar-refractivity contribution is 5.32. The Balaban J connectivity index is 1.99. The van der Waals surface area contributed by atoms with Crippen molar-refractivity contribution in [2.75, 3.05) is 10.9 Å². The van der Waals surface area contributed by atoms with Gasteiger partial charge in [0.15, 0.2) is 5.36 Å². The summed E-state index contributed by atoms with van der Waals surface area (Å²) in [5.74, 6) is 0.799. The molecule has 2 heterocycles. The number of hydrogen-bond donors (Lipinski definition) is 3. The van der Waals surface area contributed by atoms with Crippen LogP contribution in [0.4, 0.5) is 11.8 Å². The Labute approximate surface area is 127 Å². The zero-order chi connectivity index (χ0) is 16.2. The van der Waals surface area contributed by atoms with E-state index in [0.717, 1.165) is 0 Å². The normalized spacial score (nSPS) is 12.6. The molecule has 2 aromatic heterocycles. The zero-order valence-electron chi connectivity index (χ0n) is 11.9. The molecule has 0 atom stereocenters. The summed E-state index contributed by atoms with van der Waals surface area (Å²) < 4.78 is 1.51. The number of nitrogens with zero attached hydrogens (tertiary/aromatic N) is 6. The van der Waals surface area contributed by atoms with Crippen LogP contribution in [-0.4, -0.2) is 25.0 Å². The highest BCUT2D eigenvalue weighted by atomic mass is 16.1. The fraction of sp³-hybridized carbons (Fsp3) is 0.0833. The number of hydrogen-bond acceptors (Lipinski definition) is 9. The van der Waals surface area contributed by atoms with E-state index in [0.29, 0.717) is 5.82 Å². The van der Waals surface area contributed by atoms with Crippen molar-refractivity contribution >= 4 is 11.8 Å². The van der Waals surface area contributed by atoms with Gasteiger partial charge in [0.25, 0.3) is 0 Å². The number of aromatic nitrogens is 5. The maximum atomic E-state index is 12.3. The summed E-state index contributed by atoms with van der Waals surface area (Å²) in [4.78, 5) is 27.9. The smallest absolute Gasteiger partial charge is 0.239 e. The summed E-state index contributed by atoms with van der Waals surface area (Å²) in [5, 5.41) is 17.6. The quantitative estimate of drug-likeness (QED) is 0.472. The summed E-state index contributed by atoms with van der Waals surface area (Å²) >= 11 is 0. The topological polar surface area (TPSA) is 142 Å². The number of rotatable bonds is 4. The molecule has 0 radical (unpaired) electrons. The van der Waals surface area contributed by atoms with Gasteiger partial charge in [0, 0.05) is 13.1 Å². The van der Waals surface area contributed by atoms with Crippen molar-refractivity contribution in [3.8, 4) is 0 Å². The molecule has 0 aliphatic rings. The second-order valence-electron chi connectivity index (χ2n) is 4.38. The molecule has 0 saturated carbocycles. The van der Waals surface area contributed by atoms with E-state index in [1.807, 2.05) is 0 Å². The van der Waals surface area contributed by atoms with Crippen molar-refractivity contribution in [2.24, 2.45) is 17.3 Å². The lowest BCUT2D eigenvalue weighted by molar-refractivity contribution is 0.770. The number of H-pyrrole nitrogens is 1. The van der Waals surface area contributed by atoms with Gasteiger partial charge in [0.1, 0.15) is 17.5 Å². The van der Waals surface area contributed by atoms with Crippen LogP contribution in [-0.2, 0) is 7.05 Å². The van der Waals surface area contributed by atoms with Gasteiger partial charge in [0.2, 0.25) is 16.8 Å². The number of anilines is 2. The molecule has 0 fully saturated rings. The van der Waals surface area contributed by atoms with Gasteiger partial charge in [-0.3, -0.25) is 19.7 Å². The monoisotopic (exact) mass is 313 g/mol. The molecule has 3 rings (SSSR count). The molecule has 3 N–H and O–H groups in total. The molecule has 11 heteroatoms. The average molecular weight is 313 g/mol. The highest BCUT2D eigenvalue weighted by Crippen LogP contribution is 2.01. The maximum absolute atomic E-state index is 12.3. The first kappa shape index (κ1) is 14.3. The second-order valence-corrected chi connectivity index (χ2v) is 4.38. The number of benzene rings is 1. The van der Waals surface area contributed by atoms with Crippen molar-refractivity contribution in [1.82, 2.24) is 25.0 Å². The van der Waals surface area contributed by atoms with Crippen molar-refractivity contribution in [3.05, 3.63) is 61.9 Å². The van der Waals surface area contributed by atoms with Crippen LogP contribution in [0, 0.1) is 0 Å². The first-order valence-corrected chi connectivity index (χ1v) is 6.43. The summed E-state index contributed by atoms with van der Waals surface area (Å²) in [6.45, 7) is 0. The first-order chi connectivity index (χ1) is 11.1. The third-order valence-corrected chi connectivity index (χ3v) is 2.87. The summed E-state index contributed by atoms with van der Waals surface area (Å²) in [5.41, 5.74) is 4.02. The molecule has 23 heavy (non-hydrogen) atoms. The van der Waals surface area contributed by atoms with Crippen LogP contribution < -0.4 is 32.4 Å². The van der Waals surface area contributed by atoms with Crippen molar-refractivity contribution in [3.63, 3.8) is 0 Å². The van der Waals surface area contributed by atoms with Gasteiger partial charge in [-0.2, -0.15) is 25.4 Å². The van der Waals surface area contributed by atoms with Crippen LogP contribution in [0.15, 0.2) is 50.5 Å². The fourth-order valence-corrected chi connectivity index (χ4v) is 1.71. The molecular formula is C12H11N9O2. The predicted molar refractivity (Wildman–Crippen MR) is 79.3 cm³/mol. The van der Waals surface area contributed by atoms with Crippen molar-refractivity contribution < 1.29 is 0 Å². The van der Waals surface area contributed by atoms with Crippen LogP contribution in [0.1, 0.15) is 0 Å². The lowest BCUT2D eigenvalue weighted by Gasteiger charge is -1.98. The minimum absolute atomic E-state index is 0.0200. The van der Waals surface area contributed by atoms with E-state index in [4.69, 9.17) is 0 Å². The van der Waals surface area contributed by atoms with E-state index in [1.54, 1.807) is 19.3 Å². The second kappa shape index (κ2) is 6.01. The van der Waals surface area contributed by atoms with E-state index < -0.39 is 10.9 Å². The standard InChI is InChI=1S/C12H11N9O2/c1-21-9(4-5-15-21)17-18-10-8(22)3-2-7(11(10)23)16-20-12-13-6-14-19-12/h2-6,17H,1H3,(H2,13,14,19,20). The van der Waals surface area contributed by atoms with Crippen LogP contribution in [0.2, 0.25) is 0 Å². The molecule has 0 aliphatic carbocycles. The molecule has 116 valence electrons. The lowest BCUT2D eigenvalue weighted by atomic mass is 10.3. The maximum Gasteiger partial charge on any atom is 0.239 e. The Morgan fingerprint density at radius 1 is 1.17 bits per heavy atom. The van der Waals surface area contributed by atoms with E-state index in [-0.39, 0.29) is 16.7 Å². The zero-order valence-corrected chi connectivity index (χ0v) is 11.9. The first-order valence-electron chi connectivity index (χ1n) is 6.43. The molecule has 0 saturated heterocycles. The molecule has 0 bridgehead atoms. The van der Waals surface area contributed by atoms with E-state index in [1.165, 1.54) is 23.1 Å². The molecule has 0 amide bonds. The molecule has 0 unspecified atom stereocenters. The molecular weight excluding hydrogens is 302 g/mol. The van der Waals surface area contributed by atoms with Gasteiger partial charge >= 0.3 is 0 Å². The molecule has 1 aromatic carbocycles. The minimum atomic E-state index is -0.612. The Hall–Kier alpha value is -3.63. The van der Waals surface area contributed by atoms with Crippen LogP contribution in [0.25, 0.3) is 0 Å². The Morgan fingerprint density at radius 3 is 2.74 bits per heavy atom. The van der Waals surface area contributed by atoms with E-state index in [2.05, 4.69) is 41.3 Å². The third kappa shape index (κ3) is 3.02. The average Bonchev–Trinajstić information content (AvgIpc) is 3.18. The third-order valence-electron chi connectivity index (χ3n) is 2.87. The Kier molecular flexibility index (Phi) is 3.74. The molecule has 3 aromatic rings. The van der Waals surface area contributed by atoms with Crippen LogP contribution in [0.5, 0.6) is 0 Å². The van der Waals surface area contributed by atoms with Gasteiger partial charge < -0.3 is 0 Å². The van der Waals surface area contributed by atoms with Gasteiger partial charge in [0.05, 0.1) is 6.20 Å². The number of nitrogens with one attached hydrogen (secondary N) is 3. The van der Waals surface area contributed by atoms with Gasteiger partial charge in [-0.05, 0) is 12.1 Å². The SMILES string of the molecule is Cn1nccc1NN=c1c(=O)ccc(=NNc2ncn[nH]2)c1=O. The highest BCUT2D eigenvalue weighted by Gasteiger charge is 2.02. The predicted octanol–water partition coefficient (Wildman–Crippen LogP) is -2.01. The van der Waals surface area contributed by atoms with Crippen LogP contribution in [0.3, 0.4) is 0 Å². The lowest BCUT2D eigenvalue weighted by Crippen LogP contribution is -2.48. The summed E-state index contributed by atoms with van der Waals surface area (Å²) in [6.07, 6.45) is 2.84. The van der Waals surface area contributed by atoms with E-state index >= 15 is 0 Å². The summed E-state index contributed by atoms with van der Waals surface area (Å²) in [6, 6.07) is 4.17. The number of aromatic amines is 1. The Morgan fingerprint density at radius 2 is 2.04 bits per heavy atom. The largest absolute Gasteiger partial charge is 0.287 e. The minimum Gasteiger partial charge on any atom is -0.287 e. The van der Waals surface area contributed by atoms with E-state index in [9.17, 15) is 9.59 Å². The molecule has 0 spiro atoms. The number of aryl methyl sites for hydroxylation is 1. The fourth-order valence-electron chi connectivity index (χ4n) is 1.71. The molecule has 11 nitrogen and oxygen atoms in total. The van der Waals surface area contributed by atoms with Crippen molar-refractivity contribution in [2.45, 2.75) is 0 Å². The molecule has 0 aliphatic heterocycles. The van der Waals surface area contributed by atoms with Gasteiger partial charge in [-0.25, -0.2) is 10.5 Å². The van der Waals surface area contributed by atoms with Gasteiger partial charge in [-0.15, -0.1) is 0 Å². The Bertz CT molecular complexity index is 1030. The van der Waals surface area contributed by atoms with Crippen molar-refractivity contribution in [1.29, 1.82) is 0 Å².